The minimum Gasteiger partial charge on any atom is -0.379 e. The Bertz CT molecular complexity index is 1100. The molecule has 0 unspecified atom stereocenters. The van der Waals surface area contributed by atoms with Crippen LogP contribution in [0.4, 0.5) is 0 Å². The lowest BCUT2D eigenvalue weighted by Crippen LogP contribution is -2.55. The van der Waals surface area contributed by atoms with Gasteiger partial charge in [0, 0.05) is 36.0 Å². The van der Waals surface area contributed by atoms with Gasteiger partial charge in [0.1, 0.15) is 0 Å². The number of nitrogens with zero attached hydrogens (tertiary/aromatic N) is 1. The molecule has 3 aromatic carbocycles. The third-order valence-corrected chi connectivity index (χ3v) is 6.94. The van der Waals surface area contributed by atoms with Crippen LogP contribution < -0.4 is 5.32 Å². The average molecular weight is 487 g/mol. The summed E-state index contributed by atoms with van der Waals surface area (Å²) in [5.74, 6) is 0.308. The van der Waals surface area contributed by atoms with Gasteiger partial charge in [-0.1, -0.05) is 103 Å². The van der Waals surface area contributed by atoms with Crippen molar-refractivity contribution >= 4 is 28.9 Å². The van der Waals surface area contributed by atoms with Crippen LogP contribution in [0.1, 0.15) is 26.3 Å². The van der Waals surface area contributed by atoms with Gasteiger partial charge >= 0.3 is 0 Å². The number of carbonyl (C=O) groups is 2. The Morgan fingerprint density at radius 1 is 0.857 bits per heavy atom. The second-order valence-corrected chi connectivity index (χ2v) is 9.31. The second-order valence-electron chi connectivity index (χ2n) is 8.32. The van der Waals surface area contributed by atoms with Crippen molar-refractivity contribution in [2.75, 3.05) is 32.1 Å². The molecule has 0 saturated carbocycles. The standard InChI is InChI=1S/C29H30N2O3S/c32-28(24-12-6-2-7-13-24)30-26(22-35-29(33)25-14-8-3-9-15-25)27(31-18-20-34-21-19-31)17-16-23-10-4-1-5-11-23/h1-17,26-27H,18-22H2,(H,30,32)/b17-16+/t26-,27-/m0/s1. The minimum atomic E-state index is -0.279. The van der Waals surface area contributed by atoms with Gasteiger partial charge in [0.25, 0.3) is 5.91 Å². The van der Waals surface area contributed by atoms with Gasteiger partial charge in [0.15, 0.2) is 0 Å². The Balaban J connectivity index is 1.59. The average Bonchev–Trinajstić information content (AvgIpc) is 2.93. The highest BCUT2D eigenvalue weighted by Crippen LogP contribution is 2.20. The van der Waals surface area contributed by atoms with Gasteiger partial charge in [-0.25, -0.2) is 0 Å². The molecule has 0 radical (unpaired) electrons. The Morgan fingerprint density at radius 3 is 2.06 bits per heavy atom. The molecule has 0 bridgehead atoms. The van der Waals surface area contributed by atoms with Gasteiger partial charge in [0.2, 0.25) is 5.12 Å². The molecule has 5 nitrogen and oxygen atoms in total. The molecule has 2 atom stereocenters. The largest absolute Gasteiger partial charge is 0.379 e. The van der Waals surface area contributed by atoms with E-state index in [0.717, 1.165) is 18.7 Å². The lowest BCUT2D eigenvalue weighted by molar-refractivity contribution is 0.0202. The molecule has 0 aliphatic carbocycles. The van der Waals surface area contributed by atoms with E-state index in [9.17, 15) is 9.59 Å². The van der Waals surface area contributed by atoms with Crippen molar-refractivity contribution in [2.45, 2.75) is 12.1 Å². The lowest BCUT2D eigenvalue weighted by atomic mass is 10.0. The third-order valence-electron chi connectivity index (χ3n) is 5.92. The molecule has 3 aromatic rings. The topological polar surface area (TPSA) is 58.6 Å². The second kappa shape index (κ2) is 13.0. The van der Waals surface area contributed by atoms with E-state index in [1.807, 2.05) is 66.7 Å². The monoisotopic (exact) mass is 486 g/mol. The first-order valence-corrected chi connectivity index (χ1v) is 12.8. The maximum Gasteiger partial charge on any atom is 0.251 e. The molecule has 1 N–H and O–H groups in total. The number of benzene rings is 3. The van der Waals surface area contributed by atoms with Crippen molar-refractivity contribution in [3.05, 3.63) is 114 Å². The first-order chi connectivity index (χ1) is 17.2. The van der Waals surface area contributed by atoms with Gasteiger partial charge in [-0.2, -0.15) is 0 Å². The molecular weight excluding hydrogens is 456 g/mol. The van der Waals surface area contributed by atoms with E-state index in [4.69, 9.17) is 4.74 Å². The number of amides is 1. The minimum absolute atomic E-state index is 0.00248. The van der Waals surface area contributed by atoms with Crippen LogP contribution in [0.2, 0.25) is 0 Å². The number of hydrogen-bond donors (Lipinski definition) is 1. The summed E-state index contributed by atoms with van der Waals surface area (Å²) < 4.78 is 5.59. The van der Waals surface area contributed by atoms with Crippen molar-refractivity contribution < 1.29 is 14.3 Å². The Kier molecular flexibility index (Phi) is 9.29. The normalized spacial score (nSPS) is 16.0. The fourth-order valence-corrected chi connectivity index (χ4v) is 4.96. The molecule has 35 heavy (non-hydrogen) atoms. The van der Waals surface area contributed by atoms with Gasteiger partial charge < -0.3 is 10.1 Å². The Morgan fingerprint density at radius 2 is 1.43 bits per heavy atom. The summed E-state index contributed by atoms with van der Waals surface area (Å²) in [5.41, 5.74) is 2.35. The van der Waals surface area contributed by atoms with E-state index >= 15 is 0 Å². The first-order valence-electron chi connectivity index (χ1n) is 11.8. The van der Waals surface area contributed by atoms with Gasteiger partial charge in [0.05, 0.1) is 19.3 Å². The van der Waals surface area contributed by atoms with Crippen LogP contribution in [0, 0.1) is 0 Å². The maximum atomic E-state index is 13.2. The van der Waals surface area contributed by atoms with Crippen LogP contribution in [0.5, 0.6) is 0 Å². The zero-order chi connectivity index (χ0) is 24.3. The molecule has 0 aromatic heterocycles. The highest BCUT2D eigenvalue weighted by Gasteiger charge is 2.29. The summed E-state index contributed by atoms with van der Waals surface area (Å²) in [6, 6.07) is 28.2. The van der Waals surface area contributed by atoms with Crippen LogP contribution in [-0.2, 0) is 4.74 Å². The predicted molar refractivity (Wildman–Crippen MR) is 143 cm³/mol. The highest BCUT2D eigenvalue weighted by atomic mass is 32.2. The van der Waals surface area contributed by atoms with Crippen LogP contribution in [0.15, 0.2) is 97.1 Å². The van der Waals surface area contributed by atoms with Crippen molar-refractivity contribution in [1.29, 1.82) is 0 Å². The van der Waals surface area contributed by atoms with E-state index in [2.05, 4.69) is 34.5 Å². The molecule has 4 rings (SSSR count). The van der Waals surface area contributed by atoms with E-state index in [1.165, 1.54) is 11.8 Å². The Labute approximate surface area is 211 Å². The lowest BCUT2D eigenvalue weighted by Gasteiger charge is -2.37. The fraction of sp³-hybridized carbons (Fsp3) is 0.241. The third kappa shape index (κ3) is 7.39. The molecular formula is C29H30N2O3S. The van der Waals surface area contributed by atoms with Crippen LogP contribution >= 0.6 is 11.8 Å². The molecule has 6 heteroatoms. The number of thioether (sulfide) groups is 1. The fourth-order valence-electron chi connectivity index (χ4n) is 4.05. The summed E-state index contributed by atoms with van der Waals surface area (Å²) >= 11 is 1.24. The number of carbonyl (C=O) groups excluding carboxylic acids is 2. The predicted octanol–water partition coefficient (Wildman–Crippen LogP) is 4.77. The summed E-state index contributed by atoms with van der Waals surface area (Å²) in [6.07, 6.45) is 4.23. The summed E-state index contributed by atoms with van der Waals surface area (Å²) in [4.78, 5) is 28.4. The van der Waals surface area contributed by atoms with Crippen LogP contribution in [-0.4, -0.2) is 60.1 Å². The van der Waals surface area contributed by atoms with Gasteiger partial charge in [-0.3, -0.25) is 14.5 Å². The number of ether oxygens (including phenoxy) is 1. The molecule has 1 heterocycles. The number of morpholine rings is 1. The van der Waals surface area contributed by atoms with E-state index in [-0.39, 0.29) is 23.1 Å². The maximum absolute atomic E-state index is 13.2. The van der Waals surface area contributed by atoms with E-state index in [0.29, 0.717) is 30.1 Å². The van der Waals surface area contributed by atoms with E-state index < -0.39 is 0 Å². The molecule has 1 saturated heterocycles. The summed E-state index contributed by atoms with van der Waals surface area (Å²) in [6.45, 7) is 2.81. The molecule has 1 fully saturated rings. The number of rotatable bonds is 9. The molecule has 1 aliphatic heterocycles. The quantitative estimate of drug-likeness (QED) is 0.472. The first kappa shape index (κ1) is 24.9. The Hall–Kier alpha value is -3.19. The molecule has 180 valence electrons. The van der Waals surface area contributed by atoms with Crippen molar-refractivity contribution in [2.24, 2.45) is 0 Å². The SMILES string of the molecule is O=C(N[C@@H](CSC(=O)c1ccccc1)[C@H](/C=C/c1ccccc1)N1CCOCC1)c1ccccc1. The molecule has 0 spiro atoms. The molecule has 1 aliphatic rings. The highest BCUT2D eigenvalue weighted by molar-refractivity contribution is 8.14. The van der Waals surface area contributed by atoms with Crippen molar-refractivity contribution in [3.63, 3.8) is 0 Å². The van der Waals surface area contributed by atoms with Crippen LogP contribution in [0.3, 0.4) is 0 Å². The smallest absolute Gasteiger partial charge is 0.251 e. The van der Waals surface area contributed by atoms with Gasteiger partial charge in [-0.15, -0.1) is 0 Å². The molecule has 1 amide bonds. The zero-order valence-electron chi connectivity index (χ0n) is 19.6. The van der Waals surface area contributed by atoms with Crippen molar-refractivity contribution in [3.8, 4) is 0 Å². The summed E-state index contributed by atoms with van der Waals surface area (Å²) in [7, 11) is 0. The zero-order valence-corrected chi connectivity index (χ0v) is 20.4. The van der Waals surface area contributed by atoms with Gasteiger partial charge in [-0.05, 0) is 17.7 Å². The van der Waals surface area contributed by atoms with Crippen LogP contribution in [0.25, 0.3) is 6.08 Å². The summed E-state index contributed by atoms with van der Waals surface area (Å²) in [5, 5.41) is 3.23. The number of nitrogens with one attached hydrogen (secondary N) is 1. The number of hydrogen-bond acceptors (Lipinski definition) is 5. The van der Waals surface area contributed by atoms with Crippen molar-refractivity contribution in [1.82, 2.24) is 10.2 Å². The van der Waals surface area contributed by atoms with E-state index in [1.54, 1.807) is 12.1 Å².